The summed E-state index contributed by atoms with van der Waals surface area (Å²) in [5.74, 6) is 0. The Morgan fingerprint density at radius 3 is 2.44 bits per heavy atom. The van der Waals surface area contributed by atoms with Crippen LogP contribution in [0.3, 0.4) is 0 Å². The minimum absolute atomic E-state index is 0.0814. The molecule has 0 bridgehead atoms. The Labute approximate surface area is 104 Å². The molecule has 0 amide bonds. The van der Waals surface area contributed by atoms with E-state index < -0.39 is 4.92 Å². The molecule has 0 aliphatic rings. The number of benzene rings is 1. The number of nitro groups is 1. The number of rotatable bonds is 3. The highest BCUT2D eigenvalue weighted by Gasteiger charge is 2.11. The lowest BCUT2D eigenvalue weighted by Gasteiger charge is -2.15. The second kappa shape index (κ2) is 5.46. The minimum atomic E-state index is -0.519. The van der Waals surface area contributed by atoms with Crippen LogP contribution in [0.2, 0.25) is 0 Å². The van der Waals surface area contributed by atoms with Gasteiger partial charge in [0.1, 0.15) is 17.7 Å². The van der Waals surface area contributed by atoms with Gasteiger partial charge in [-0.1, -0.05) is 0 Å². The minimum Gasteiger partial charge on any atom is -0.377 e. The predicted octanol–water partition coefficient (Wildman–Crippen LogP) is 2.09. The lowest BCUT2D eigenvalue weighted by atomic mass is 10.1. The zero-order chi connectivity index (χ0) is 13.7. The van der Waals surface area contributed by atoms with Gasteiger partial charge in [0.25, 0.3) is 5.69 Å². The number of hydrogen-bond acceptors (Lipinski definition) is 5. The molecule has 0 unspecified atom stereocenters. The molecule has 0 atom stereocenters. The molecule has 6 nitrogen and oxygen atoms in total. The van der Waals surface area contributed by atoms with Crippen molar-refractivity contribution in [2.24, 2.45) is 0 Å². The van der Waals surface area contributed by atoms with Crippen molar-refractivity contribution in [1.82, 2.24) is 0 Å². The van der Waals surface area contributed by atoms with E-state index in [1.54, 1.807) is 37.2 Å². The first kappa shape index (κ1) is 13.2. The normalized spacial score (nSPS) is 8.89. The molecule has 6 heteroatoms. The van der Waals surface area contributed by atoms with Crippen LogP contribution in [0.25, 0.3) is 6.08 Å². The van der Waals surface area contributed by atoms with Crippen LogP contribution in [0.5, 0.6) is 0 Å². The van der Waals surface area contributed by atoms with E-state index >= 15 is 0 Å². The zero-order valence-electron chi connectivity index (χ0n) is 9.91. The van der Waals surface area contributed by atoms with E-state index in [0.29, 0.717) is 11.3 Å². The molecule has 1 aromatic rings. The Kier molecular flexibility index (Phi) is 4.01. The van der Waals surface area contributed by atoms with E-state index in [-0.39, 0.29) is 11.3 Å². The summed E-state index contributed by atoms with van der Waals surface area (Å²) in [5, 5.41) is 28.1. The van der Waals surface area contributed by atoms with Crippen molar-refractivity contribution in [1.29, 1.82) is 10.5 Å². The van der Waals surface area contributed by atoms with E-state index in [2.05, 4.69) is 0 Å². The molecule has 0 fully saturated rings. The molecule has 0 saturated carbocycles. The van der Waals surface area contributed by atoms with Crippen LogP contribution in [0, 0.1) is 32.8 Å². The van der Waals surface area contributed by atoms with Gasteiger partial charge in [-0.05, 0) is 12.1 Å². The van der Waals surface area contributed by atoms with E-state index in [1.165, 1.54) is 18.2 Å². The number of nitrogens with zero attached hydrogens (tertiary/aromatic N) is 4. The van der Waals surface area contributed by atoms with Gasteiger partial charge in [0.15, 0.2) is 0 Å². The van der Waals surface area contributed by atoms with Crippen molar-refractivity contribution in [2.45, 2.75) is 0 Å². The first-order valence-electron chi connectivity index (χ1n) is 4.97. The van der Waals surface area contributed by atoms with Gasteiger partial charge in [-0.15, -0.1) is 0 Å². The summed E-state index contributed by atoms with van der Waals surface area (Å²) >= 11 is 0. The van der Waals surface area contributed by atoms with Crippen LogP contribution in [0.15, 0.2) is 23.8 Å². The molecule has 0 aliphatic carbocycles. The summed E-state index contributed by atoms with van der Waals surface area (Å²) in [4.78, 5) is 11.9. The Bertz CT molecular complexity index is 575. The fourth-order valence-corrected chi connectivity index (χ4v) is 1.42. The first-order chi connectivity index (χ1) is 8.49. The summed E-state index contributed by atoms with van der Waals surface area (Å²) in [7, 11) is 3.55. The second-order valence-corrected chi connectivity index (χ2v) is 3.68. The van der Waals surface area contributed by atoms with Crippen molar-refractivity contribution < 1.29 is 4.92 Å². The molecule has 0 N–H and O–H groups in total. The highest BCUT2D eigenvalue weighted by Crippen LogP contribution is 2.26. The van der Waals surface area contributed by atoms with E-state index in [4.69, 9.17) is 10.5 Å². The van der Waals surface area contributed by atoms with Gasteiger partial charge in [-0.25, -0.2) is 0 Å². The lowest BCUT2D eigenvalue weighted by molar-refractivity contribution is -0.384. The molecular weight excluding hydrogens is 232 g/mol. The standard InChI is InChI=1S/C12H10N4O2/c1-15(2)12-4-3-11(16(17)18)6-10(12)5-9(7-13)8-14/h3-6H,1-2H3. The van der Waals surface area contributed by atoms with Gasteiger partial charge < -0.3 is 4.90 Å². The Morgan fingerprint density at radius 2 is 2.00 bits per heavy atom. The summed E-state index contributed by atoms with van der Waals surface area (Å²) in [6, 6.07) is 7.75. The van der Waals surface area contributed by atoms with Crippen LogP contribution in [-0.2, 0) is 0 Å². The molecule has 1 rings (SSSR count). The van der Waals surface area contributed by atoms with Crippen molar-refractivity contribution in [2.75, 3.05) is 19.0 Å². The maximum atomic E-state index is 10.7. The van der Waals surface area contributed by atoms with Crippen molar-refractivity contribution in [3.05, 3.63) is 39.4 Å². The van der Waals surface area contributed by atoms with Gasteiger partial charge in [0, 0.05) is 37.5 Å². The van der Waals surface area contributed by atoms with Crippen molar-refractivity contribution >= 4 is 17.5 Å². The maximum absolute atomic E-state index is 10.7. The Hall–Kier alpha value is -2.86. The molecule has 0 saturated heterocycles. The highest BCUT2D eigenvalue weighted by molar-refractivity contribution is 5.74. The lowest BCUT2D eigenvalue weighted by Crippen LogP contribution is -2.10. The first-order valence-corrected chi connectivity index (χ1v) is 4.97. The molecule has 0 radical (unpaired) electrons. The quantitative estimate of drug-likeness (QED) is 0.459. The van der Waals surface area contributed by atoms with E-state index in [9.17, 15) is 10.1 Å². The third kappa shape index (κ3) is 2.83. The number of nitriles is 2. The smallest absolute Gasteiger partial charge is 0.270 e. The second-order valence-electron chi connectivity index (χ2n) is 3.68. The monoisotopic (exact) mass is 242 g/mol. The number of anilines is 1. The molecule has 0 aromatic heterocycles. The average Bonchev–Trinajstić information content (AvgIpc) is 2.35. The molecule has 0 spiro atoms. The fourth-order valence-electron chi connectivity index (χ4n) is 1.42. The van der Waals surface area contributed by atoms with Gasteiger partial charge >= 0.3 is 0 Å². The molecule has 0 heterocycles. The van der Waals surface area contributed by atoms with Crippen molar-refractivity contribution in [3.8, 4) is 12.1 Å². The number of allylic oxidation sites excluding steroid dienone is 1. The fraction of sp³-hybridized carbons (Fsp3) is 0.167. The molecule has 18 heavy (non-hydrogen) atoms. The number of nitro benzene ring substituents is 1. The maximum Gasteiger partial charge on any atom is 0.270 e. The summed E-state index contributed by atoms with van der Waals surface area (Å²) < 4.78 is 0. The van der Waals surface area contributed by atoms with Crippen LogP contribution >= 0.6 is 0 Å². The third-order valence-corrected chi connectivity index (χ3v) is 2.24. The molecular formula is C12H10N4O2. The number of non-ortho nitro benzene ring substituents is 1. The van der Waals surface area contributed by atoms with Gasteiger partial charge in [0.2, 0.25) is 0 Å². The molecule has 1 aromatic carbocycles. The van der Waals surface area contributed by atoms with Crippen LogP contribution in [-0.4, -0.2) is 19.0 Å². The van der Waals surface area contributed by atoms with Gasteiger partial charge in [-0.3, -0.25) is 10.1 Å². The van der Waals surface area contributed by atoms with E-state index in [0.717, 1.165) is 0 Å². The summed E-state index contributed by atoms with van der Waals surface area (Å²) in [5.41, 5.74) is 0.983. The number of hydrogen-bond donors (Lipinski definition) is 0. The summed E-state index contributed by atoms with van der Waals surface area (Å²) in [6.45, 7) is 0. The van der Waals surface area contributed by atoms with Crippen LogP contribution in [0.1, 0.15) is 5.56 Å². The largest absolute Gasteiger partial charge is 0.377 e. The van der Waals surface area contributed by atoms with Crippen molar-refractivity contribution in [3.63, 3.8) is 0 Å². The predicted molar refractivity (Wildman–Crippen MR) is 66.6 cm³/mol. The Balaban J connectivity index is 3.43. The van der Waals surface area contributed by atoms with Gasteiger partial charge in [-0.2, -0.15) is 10.5 Å². The van der Waals surface area contributed by atoms with Gasteiger partial charge in [0.05, 0.1) is 4.92 Å². The SMILES string of the molecule is CN(C)c1ccc([N+](=O)[O-])cc1C=C(C#N)C#N. The highest BCUT2D eigenvalue weighted by atomic mass is 16.6. The van der Waals surface area contributed by atoms with Crippen LogP contribution < -0.4 is 4.90 Å². The molecule has 90 valence electrons. The topological polar surface area (TPSA) is 94.0 Å². The van der Waals surface area contributed by atoms with E-state index in [1.807, 2.05) is 0 Å². The average molecular weight is 242 g/mol. The Morgan fingerprint density at radius 1 is 1.39 bits per heavy atom. The summed E-state index contributed by atoms with van der Waals surface area (Å²) in [6.07, 6.45) is 1.34. The zero-order valence-corrected chi connectivity index (χ0v) is 9.91. The molecule has 0 aliphatic heterocycles. The third-order valence-electron chi connectivity index (χ3n) is 2.24. The van der Waals surface area contributed by atoms with Crippen LogP contribution in [0.4, 0.5) is 11.4 Å².